The number of hydrogen-bond acceptors (Lipinski definition) is 2. The van der Waals surface area contributed by atoms with Crippen LogP contribution < -0.4 is 5.32 Å². The van der Waals surface area contributed by atoms with Gasteiger partial charge in [0.05, 0.1) is 0 Å². The van der Waals surface area contributed by atoms with E-state index in [1.165, 1.54) is 0 Å². The van der Waals surface area contributed by atoms with Gasteiger partial charge in [0.25, 0.3) is 0 Å². The normalized spacial score (nSPS) is 13.2. The number of nitrogens with one attached hydrogen (secondary N) is 1. The summed E-state index contributed by atoms with van der Waals surface area (Å²) in [6, 6.07) is 0. The minimum absolute atomic E-state index is 0.177. The van der Waals surface area contributed by atoms with E-state index in [0.29, 0.717) is 12.3 Å². The summed E-state index contributed by atoms with van der Waals surface area (Å²) in [6.45, 7) is 9.59. The first-order valence-electron chi connectivity index (χ1n) is 7.60. The molecule has 0 radical (unpaired) electrons. The van der Waals surface area contributed by atoms with Crippen LogP contribution >= 0.6 is 0 Å². The fourth-order valence-corrected chi connectivity index (χ4v) is 2.31. The third kappa shape index (κ3) is 9.59. The van der Waals surface area contributed by atoms with Gasteiger partial charge in [-0.15, -0.1) is 0 Å². The van der Waals surface area contributed by atoms with Gasteiger partial charge in [-0.3, -0.25) is 0 Å². The SMILES string of the molecule is CCC(CC)(CCCOCC(F)(F)F)CNCC(C)C. The number of ether oxygens (including phenoxy) is 1. The molecule has 1 N–H and O–H groups in total. The Morgan fingerprint density at radius 2 is 1.70 bits per heavy atom. The standard InChI is InChI=1S/C15H30F3NO/c1-5-14(6-2,11-19-10-13(3)4)8-7-9-20-12-15(16,17)18/h13,19H,5-12H2,1-4H3. The minimum Gasteiger partial charge on any atom is -0.372 e. The molecular weight excluding hydrogens is 267 g/mol. The summed E-state index contributed by atoms with van der Waals surface area (Å²) in [6.07, 6.45) is -0.558. The van der Waals surface area contributed by atoms with Crippen molar-refractivity contribution in [1.82, 2.24) is 5.32 Å². The zero-order chi connectivity index (χ0) is 15.6. The summed E-state index contributed by atoms with van der Waals surface area (Å²) in [5, 5.41) is 3.47. The van der Waals surface area contributed by atoms with Crippen molar-refractivity contribution >= 4 is 0 Å². The van der Waals surface area contributed by atoms with Gasteiger partial charge >= 0.3 is 6.18 Å². The first-order valence-corrected chi connectivity index (χ1v) is 7.60. The van der Waals surface area contributed by atoms with Gasteiger partial charge in [0.2, 0.25) is 0 Å². The molecular formula is C15H30F3NO. The summed E-state index contributed by atoms with van der Waals surface area (Å²) in [7, 11) is 0. The van der Waals surface area contributed by atoms with E-state index in [-0.39, 0.29) is 12.0 Å². The van der Waals surface area contributed by atoms with Crippen LogP contribution in [0, 0.1) is 11.3 Å². The van der Waals surface area contributed by atoms with Gasteiger partial charge in [-0.1, -0.05) is 27.7 Å². The van der Waals surface area contributed by atoms with E-state index in [1.807, 2.05) is 0 Å². The fourth-order valence-electron chi connectivity index (χ4n) is 2.31. The van der Waals surface area contributed by atoms with Crippen molar-refractivity contribution in [3.8, 4) is 0 Å². The number of halogens is 3. The number of rotatable bonds is 11. The van der Waals surface area contributed by atoms with Crippen LogP contribution in [0.4, 0.5) is 13.2 Å². The van der Waals surface area contributed by atoms with Crippen LogP contribution in [0.2, 0.25) is 0 Å². The molecule has 0 atom stereocenters. The zero-order valence-electron chi connectivity index (χ0n) is 13.3. The van der Waals surface area contributed by atoms with Crippen molar-refractivity contribution in [2.24, 2.45) is 11.3 Å². The van der Waals surface area contributed by atoms with Crippen LogP contribution in [-0.2, 0) is 4.74 Å². The molecule has 2 nitrogen and oxygen atoms in total. The minimum atomic E-state index is -4.22. The van der Waals surface area contributed by atoms with Gasteiger partial charge in [0.15, 0.2) is 0 Å². The highest BCUT2D eigenvalue weighted by molar-refractivity contribution is 4.79. The Bertz CT molecular complexity index is 238. The zero-order valence-corrected chi connectivity index (χ0v) is 13.3. The maximum atomic E-state index is 12.0. The molecule has 0 amide bonds. The third-order valence-electron chi connectivity index (χ3n) is 3.81. The second-order valence-corrected chi connectivity index (χ2v) is 6.00. The molecule has 0 saturated heterocycles. The summed E-state index contributed by atoms with van der Waals surface area (Å²) in [5.41, 5.74) is 0.177. The summed E-state index contributed by atoms with van der Waals surface area (Å²) in [4.78, 5) is 0. The van der Waals surface area contributed by atoms with Gasteiger partial charge in [-0.25, -0.2) is 0 Å². The highest BCUT2D eigenvalue weighted by atomic mass is 19.4. The van der Waals surface area contributed by atoms with E-state index < -0.39 is 12.8 Å². The molecule has 0 aliphatic carbocycles. The molecule has 122 valence electrons. The molecule has 5 heteroatoms. The largest absolute Gasteiger partial charge is 0.411 e. The van der Waals surface area contributed by atoms with Crippen molar-refractivity contribution < 1.29 is 17.9 Å². The van der Waals surface area contributed by atoms with Crippen LogP contribution in [-0.4, -0.2) is 32.5 Å². The molecule has 0 heterocycles. The second kappa shape index (κ2) is 9.61. The molecule has 0 rings (SSSR count). The van der Waals surface area contributed by atoms with Crippen molar-refractivity contribution in [3.63, 3.8) is 0 Å². The van der Waals surface area contributed by atoms with Crippen LogP contribution in [0.5, 0.6) is 0 Å². The third-order valence-corrected chi connectivity index (χ3v) is 3.81. The second-order valence-electron chi connectivity index (χ2n) is 6.00. The molecule has 0 fully saturated rings. The van der Waals surface area contributed by atoms with Gasteiger partial charge in [-0.2, -0.15) is 13.2 Å². The predicted octanol–water partition coefficient (Wildman–Crippen LogP) is 4.40. The lowest BCUT2D eigenvalue weighted by Gasteiger charge is -2.32. The van der Waals surface area contributed by atoms with E-state index in [2.05, 4.69) is 37.7 Å². The van der Waals surface area contributed by atoms with Gasteiger partial charge in [0.1, 0.15) is 6.61 Å². The van der Waals surface area contributed by atoms with Gasteiger partial charge < -0.3 is 10.1 Å². The van der Waals surface area contributed by atoms with E-state index in [4.69, 9.17) is 0 Å². The maximum absolute atomic E-state index is 12.0. The summed E-state index contributed by atoms with van der Waals surface area (Å²) in [5.74, 6) is 0.608. The van der Waals surface area contributed by atoms with Crippen LogP contribution in [0.3, 0.4) is 0 Å². The topological polar surface area (TPSA) is 21.3 Å². The average molecular weight is 297 g/mol. The Kier molecular flexibility index (Phi) is 9.47. The summed E-state index contributed by atoms with van der Waals surface area (Å²) >= 11 is 0. The number of alkyl halides is 3. The molecule has 0 aromatic carbocycles. The van der Waals surface area contributed by atoms with Gasteiger partial charge in [0, 0.05) is 13.2 Å². The molecule has 0 unspecified atom stereocenters. The molecule has 0 aliphatic heterocycles. The smallest absolute Gasteiger partial charge is 0.372 e. The van der Waals surface area contributed by atoms with Crippen molar-refractivity contribution in [1.29, 1.82) is 0 Å². The Labute approximate surface area is 121 Å². The first kappa shape index (κ1) is 19.7. The molecule has 0 saturated carbocycles. The van der Waals surface area contributed by atoms with Crippen molar-refractivity contribution in [2.45, 2.75) is 59.6 Å². The summed E-state index contributed by atoms with van der Waals surface area (Å²) < 4.78 is 40.5. The first-order chi connectivity index (χ1) is 9.24. The van der Waals surface area contributed by atoms with Crippen LogP contribution in [0.15, 0.2) is 0 Å². The lowest BCUT2D eigenvalue weighted by atomic mass is 9.78. The Morgan fingerprint density at radius 3 is 2.15 bits per heavy atom. The predicted molar refractivity (Wildman–Crippen MR) is 76.8 cm³/mol. The molecule has 20 heavy (non-hydrogen) atoms. The van der Waals surface area contributed by atoms with Crippen molar-refractivity contribution in [3.05, 3.63) is 0 Å². The molecule has 0 aliphatic rings. The lowest BCUT2D eigenvalue weighted by Crippen LogP contribution is -2.35. The van der Waals surface area contributed by atoms with E-state index in [1.54, 1.807) is 0 Å². The van der Waals surface area contributed by atoms with Crippen LogP contribution in [0.1, 0.15) is 53.4 Å². The van der Waals surface area contributed by atoms with E-state index >= 15 is 0 Å². The van der Waals surface area contributed by atoms with Gasteiger partial charge in [-0.05, 0) is 43.6 Å². The monoisotopic (exact) mass is 297 g/mol. The molecule has 0 spiro atoms. The maximum Gasteiger partial charge on any atom is 0.411 e. The Balaban J connectivity index is 4.00. The average Bonchev–Trinajstić information content (AvgIpc) is 2.34. The quantitative estimate of drug-likeness (QED) is 0.571. The molecule has 0 bridgehead atoms. The molecule has 0 aromatic heterocycles. The Morgan fingerprint density at radius 1 is 1.10 bits per heavy atom. The van der Waals surface area contributed by atoms with Crippen molar-refractivity contribution in [2.75, 3.05) is 26.3 Å². The lowest BCUT2D eigenvalue weighted by molar-refractivity contribution is -0.174. The van der Waals surface area contributed by atoms with E-state index in [9.17, 15) is 13.2 Å². The fraction of sp³-hybridized carbons (Fsp3) is 1.00. The highest BCUT2D eigenvalue weighted by Gasteiger charge is 2.28. The molecule has 0 aromatic rings. The Hall–Kier alpha value is -0.290. The van der Waals surface area contributed by atoms with E-state index in [0.717, 1.165) is 32.4 Å². The van der Waals surface area contributed by atoms with Crippen LogP contribution in [0.25, 0.3) is 0 Å². The number of hydrogen-bond donors (Lipinski definition) is 1. The highest BCUT2D eigenvalue weighted by Crippen LogP contribution is 2.31.